The van der Waals surface area contributed by atoms with Crippen LogP contribution in [0.1, 0.15) is 0 Å². The molecule has 0 heterocycles. The van der Waals surface area contributed by atoms with E-state index < -0.39 is 4.46 Å². The Kier molecular flexibility index (Phi) is 7.44. The molecule has 0 N–H and O–H groups in total. The number of halogens is 2. The Hall–Kier alpha value is 1.02. The van der Waals surface area contributed by atoms with Crippen molar-refractivity contribution in [3.8, 4) is 0 Å². The van der Waals surface area contributed by atoms with Gasteiger partial charge in [-0.15, -0.1) is 0 Å². The van der Waals surface area contributed by atoms with Gasteiger partial charge in [-0.25, -0.2) is 0 Å². The molecule has 0 aromatic rings. The molecule has 0 spiro atoms. The normalized spacial score (nSPS) is 12.0. The molecule has 0 saturated carbocycles. The minimum Gasteiger partial charge on any atom is -0.305 e. The molecule has 0 aliphatic heterocycles. The standard InChI is InChI=1S/C6H14Cl2N2.Cu/c1-9(2)5-6(7,8)10(3)4;/h5H2,1-4H3;. The Morgan fingerprint density at radius 2 is 1.45 bits per heavy atom. The van der Waals surface area contributed by atoms with E-state index in [1.54, 1.807) is 4.90 Å². The molecule has 5 heteroatoms. The van der Waals surface area contributed by atoms with Crippen LogP contribution in [0.25, 0.3) is 0 Å². The molecule has 11 heavy (non-hydrogen) atoms. The molecule has 0 atom stereocenters. The Morgan fingerprint density at radius 1 is 1.09 bits per heavy atom. The van der Waals surface area contributed by atoms with E-state index >= 15 is 0 Å². The smallest absolute Gasteiger partial charge is 0.183 e. The van der Waals surface area contributed by atoms with E-state index in [2.05, 4.69) is 0 Å². The Morgan fingerprint density at radius 3 is 1.55 bits per heavy atom. The quantitative estimate of drug-likeness (QED) is 0.421. The van der Waals surface area contributed by atoms with Gasteiger partial charge < -0.3 is 4.90 Å². The maximum absolute atomic E-state index is 5.92. The first-order chi connectivity index (χ1) is 4.36. The van der Waals surface area contributed by atoms with Crippen LogP contribution in [0.15, 0.2) is 0 Å². The van der Waals surface area contributed by atoms with Crippen LogP contribution < -0.4 is 0 Å². The topological polar surface area (TPSA) is 6.48 Å². The summed E-state index contributed by atoms with van der Waals surface area (Å²) >= 11 is 11.8. The predicted molar refractivity (Wildman–Crippen MR) is 46.7 cm³/mol. The van der Waals surface area contributed by atoms with Crippen LogP contribution in [0.2, 0.25) is 0 Å². The van der Waals surface area contributed by atoms with Crippen molar-refractivity contribution in [2.24, 2.45) is 0 Å². The largest absolute Gasteiger partial charge is 0.305 e. The SMILES string of the molecule is CN(C)CC(Cl)(Cl)N(C)C.[Cu]. The number of nitrogens with zero attached hydrogens (tertiary/aromatic N) is 2. The Bertz CT molecular complexity index is 107. The second kappa shape index (κ2) is 5.63. The van der Waals surface area contributed by atoms with Gasteiger partial charge in [0.2, 0.25) is 0 Å². The van der Waals surface area contributed by atoms with E-state index in [9.17, 15) is 0 Å². The molecular formula is C6H14Cl2CuN2. The van der Waals surface area contributed by atoms with Crippen LogP contribution in [0, 0.1) is 0 Å². The van der Waals surface area contributed by atoms with Crippen molar-refractivity contribution in [2.75, 3.05) is 34.7 Å². The molecule has 0 aliphatic rings. The van der Waals surface area contributed by atoms with Crippen LogP contribution in [0.3, 0.4) is 0 Å². The molecule has 0 unspecified atom stereocenters. The fourth-order valence-electron chi connectivity index (χ4n) is 0.522. The van der Waals surface area contributed by atoms with Crippen molar-refractivity contribution in [2.45, 2.75) is 4.46 Å². The van der Waals surface area contributed by atoms with Crippen molar-refractivity contribution in [1.29, 1.82) is 0 Å². The van der Waals surface area contributed by atoms with Crippen LogP contribution in [-0.4, -0.2) is 49.0 Å². The average Bonchev–Trinajstić information content (AvgIpc) is 1.60. The van der Waals surface area contributed by atoms with E-state index in [0.717, 1.165) is 0 Å². The minimum atomic E-state index is -0.774. The third-order valence-corrected chi connectivity index (χ3v) is 2.08. The zero-order valence-electron chi connectivity index (χ0n) is 7.16. The molecule has 0 aromatic carbocycles. The molecule has 0 rings (SSSR count). The maximum atomic E-state index is 5.92. The summed E-state index contributed by atoms with van der Waals surface area (Å²) in [6.07, 6.45) is 0. The first kappa shape index (κ1) is 14.5. The summed E-state index contributed by atoms with van der Waals surface area (Å²) in [7, 11) is 7.57. The van der Waals surface area contributed by atoms with E-state index in [1.807, 2.05) is 33.1 Å². The minimum absolute atomic E-state index is 0. The van der Waals surface area contributed by atoms with Crippen molar-refractivity contribution in [3.05, 3.63) is 0 Å². The Labute approximate surface area is 89.3 Å². The second-order valence-electron chi connectivity index (χ2n) is 2.80. The van der Waals surface area contributed by atoms with Gasteiger partial charge >= 0.3 is 0 Å². The molecule has 0 bridgehead atoms. The molecule has 0 amide bonds. The number of alkyl halides is 2. The Balaban J connectivity index is 0. The van der Waals surface area contributed by atoms with Crippen LogP contribution >= 0.6 is 23.2 Å². The molecule has 0 fully saturated rings. The van der Waals surface area contributed by atoms with Crippen LogP contribution in [0.5, 0.6) is 0 Å². The molecule has 0 aromatic heterocycles. The molecule has 0 aliphatic carbocycles. The summed E-state index contributed by atoms with van der Waals surface area (Å²) in [6.45, 7) is 0.628. The van der Waals surface area contributed by atoms with Crippen LogP contribution in [-0.2, 0) is 17.1 Å². The number of rotatable bonds is 3. The fraction of sp³-hybridized carbons (Fsp3) is 1.00. The summed E-state index contributed by atoms with van der Waals surface area (Å²) in [5, 5.41) is 0. The summed E-state index contributed by atoms with van der Waals surface area (Å²) in [5.74, 6) is 0. The van der Waals surface area contributed by atoms with Crippen LogP contribution in [0.4, 0.5) is 0 Å². The van der Waals surface area contributed by atoms with Crippen molar-refractivity contribution >= 4 is 23.2 Å². The van der Waals surface area contributed by atoms with E-state index in [4.69, 9.17) is 23.2 Å². The zero-order chi connectivity index (χ0) is 8.36. The van der Waals surface area contributed by atoms with Gasteiger partial charge in [0.1, 0.15) is 0 Å². The predicted octanol–water partition coefficient (Wildman–Crippen LogP) is 1.24. The summed E-state index contributed by atoms with van der Waals surface area (Å²) in [5.41, 5.74) is 0. The van der Waals surface area contributed by atoms with E-state index in [1.165, 1.54) is 0 Å². The number of hydrogen-bond acceptors (Lipinski definition) is 2. The average molecular weight is 249 g/mol. The number of likely N-dealkylation sites (N-methyl/N-ethyl adjacent to an activating group) is 2. The van der Waals surface area contributed by atoms with E-state index in [0.29, 0.717) is 6.54 Å². The second-order valence-corrected chi connectivity index (χ2v) is 4.24. The summed E-state index contributed by atoms with van der Waals surface area (Å²) < 4.78 is -0.774. The van der Waals surface area contributed by atoms with Crippen molar-refractivity contribution < 1.29 is 17.1 Å². The van der Waals surface area contributed by atoms with Gasteiger partial charge in [0.15, 0.2) is 4.46 Å². The van der Waals surface area contributed by atoms with Gasteiger partial charge in [0.05, 0.1) is 0 Å². The van der Waals surface area contributed by atoms with Crippen molar-refractivity contribution in [1.82, 2.24) is 9.80 Å². The zero-order valence-corrected chi connectivity index (χ0v) is 9.61. The molecule has 1 radical (unpaired) electrons. The van der Waals surface area contributed by atoms with Gasteiger partial charge in [-0.3, -0.25) is 4.90 Å². The van der Waals surface area contributed by atoms with Gasteiger partial charge in [-0.05, 0) is 28.2 Å². The molecular weight excluding hydrogens is 235 g/mol. The van der Waals surface area contributed by atoms with Gasteiger partial charge in [-0.2, -0.15) is 0 Å². The summed E-state index contributed by atoms with van der Waals surface area (Å²) in [4.78, 5) is 3.72. The third kappa shape index (κ3) is 6.21. The first-order valence-corrected chi connectivity index (χ1v) is 3.82. The fourth-order valence-corrected chi connectivity index (χ4v) is 1.000. The molecule has 73 valence electrons. The van der Waals surface area contributed by atoms with Gasteiger partial charge in [-0.1, -0.05) is 23.2 Å². The molecule has 0 saturated heterocycles. The third-order valence-electron chi connectivity index (χ3n) is 1.16. The van der Waals surface area contributed by atoms with E-state index in [-0.39, 0.29) is 17.1 Å². The van der Waals surface area contributed by atoms with Crippen molar-refractivity contribution in [3.63, 3.8) is 0 Å². The molecule has 2 nitrogen and oxygen atoms in total. The number of hydrogen-bond donors (Lipinski definition) is 0. The summed E-state index contributed by atoms with van der Waals surface area (Å²) in [6, 6.07) is 0. The first-order valence-electron chi connectivity index (χ1n) is 3.06. The maximum Gasteiger partial charge on any atom is 0.183 e. The van der Waals surface area contributed by atoms with Gasteiger partial charge in [0.25, 0.3) is 0 Å². The monoisotopic (exact) mass is 247 g/mol. The van der Waals surface area contributed by atoms with Gasteiger partial charge in [0, 0.05) is 23.6 Å².